The Balaban J connectivity index is 1.80. The summed E-state index contributed by atoms with van der Waals surface area (Å²) in [5.41, 5.74) is 6.10. The number of aromatic nitrogens is 6. The maximum absolute atomic E-state index is 5.55. The highest BCUT2D eigenvalue weighted by Crippen LogP contribution is 2.32. The number of anilines is 1. The summed E-state index contributed by atoms with van der Waals surface area (Å²) >= 11 is 1.37. The van der Waals surface area contributed by atoms with Crippen LogP contribution >= 0.6 is 11.8 Å². The van der Waals surface area contributed by atoms with E-state index in [1.54, 1.807) is 12.4 Å². The summed E-state index contributed by atoms with van der Waals surface area (Å²) < 4.78 is 1.89. The van der Waals surface area contributed by atoms with Crippen molar-refractivity contribution in [2.24, 2.45) is 0 Å². The molecule has 8 heteroatoms. The normalized spacial score (nSPS) is 16.2. The summed E-state index contributed by atoms with van der Waals surface area (Å²) in [7, 11) is 0. The van der Waals surface area contributed by atoms with Crippen LogP contribution < -0.4 is 5.73 Å². The molecular weight excluding hydrogens is 250 g/mol. The predicted molar refractivity (Wildman–Crippen MR) is 65.9 cm³/mol. The molecule has 94 valence electrons. The fraction of sp³-hybridized carbons (Fsp3) is 0.500. The highest BCUT2D eigenvalue weighted by molar-refractivity contribution is 7.99. The van der Waals surface area contributed by atoms with Crippen LogP contribution in [0.15, 0.2) is 22.7 Å². The van der Waals surface area contributed by atoms with Crippen molar-refractivity contribution in [2.45, 2.75) is 42.0 Å². The van der Waals surface area contributed by atoms with Crippen LogP contribution in [0.2, 0.25) is 0 Å². The number of tetrazole rings is 1. The molecule has 1 aliphatic rings. The third kappa shape index (κ3) is 2.28. The van der Waals surface area contributed by atoms with E-state index in [9.17, 15) is 0 Å². The average molecular weight is 263 g/mol. The summed E-state index contributed by atoms with van der Waals surface area (Å²) in [6.07, 6.45) is 7.93. The van der Waals surface area contributed by atoms with Crippen LogP contribution in [0.4, 0.5) is 5.69 Å². The van der Waals surface area contributed by atoms with E-state index in [0.29, 0.717) is 16.9 Å². The van der Waals surface area contributed by atoms with Crippen LogP contribution in [-0.2, 0) is 0 Å². The Labute approximate surface area is 108 Å². The maximum Gasteiger partial charge on any atom is 0.217 e. The first kappa shape index (κ1) is 11.4. The van der Waals surface area contributed by atoms with Crippen molar-refractivity contribution in [1.29, 1.82) is 0 Å². The number of nitrogens with zero attached hydrogens (tertiary/aromatic N) is 6. The molecule has 0 spiro atoms. The molecule has 2 aromatic heterocycles. The monoisotopic (exact) mass is 263 g/mol. The van der Waals surface area contributed by atoms with Crippen LogP contribution in [0.5, 0.6) is 0 Å². The Hall–Kier alpha value is -1.70. The van der Waals surface area contributed by atoms with Crippen LogP contribution in [0.25, 0.3) is 0 Å². The van der Waals surface area contributed by atoms with Gasteiger partial charge in [-0.05, 0) is 35.0 Å². The zero-order chi connectivity index (χ0) is 12.4. The van der Waals surface area contributed by atoms with E-state index in [0.717, 1.165) is 18.0 Å². The second kappa shape index (κ2) is 4.89. The van der Waals surface area contributed by atoms with Gasteiger partial charge >= 0.3 is 0 Å². The molecule has 7 nitrogen and oxygen atoms in total. The highest BCUT2D eigenvalue weighted by atomic mass is 32.2. The molecule has 0 aliphatic heterocycles. The molecule has 18 heavy (non-hydrogen) atoms. The largest absolute Gasteiger partial charge is 0.396 e. The first-order valence-electron chi connectivity index (χ1n) is 5.86. The molecular formula is C10H13N7S. The third-order valence-corrected chi connectivity index (χ3v) is 3.81. The Morgan fingerprint density at radius 3 is 2.67 bits per heavy atom. The molecule has 0 atom stereocenters. The van der Waals surface area contributed by atoms with E-state index in [2.05, 4.69) is 25.5 Å². The van der Waals surface area contributed by atoms with Gasteiger partial charge in [-0.25, -0.2) is 14.6 Å². The maximum atomic E-state index is 5.55. The van der Waals surface area contributed by atoms with E-state index in [4.69, 9.17) is 5.73 Å². The van der Waals surface area contributed by atoms with Gasteiger partial charge in [0.1, 0.15) is 0 Å². The Morgan fingerprint density at radius 2 is 1.94 bits per heavy atom. The van der Waals surface area contributed by atoms with Gasteiger partial charge in [0.2, 0.25) is 5.16 Å². The topological polar surface area (TPSA) is 95.4 Å². The fourth-order valence-corrected chi connectivity index (χ4v) is 2.82. The average Bonchev–Trinajstić information content (AvgIpc) is 3.02. The molecule has 0 bridgehead atoms. The number of rotatable bonds is 3. The van der Waals surface area contributed by atoms with Gasteiger partial charge in [-0.3, -0.25) is 0 Å². The number of nitrogen functional groups attached to an aromatic ring is 1. The van der Waals surface area contributed by atoms with Gasteiger partial charge in [-0.15, -0.1) is 5.10 Å². The van der Waals surface area contributed by atoms with Crippen LogP contribution in [0.3, 0.4) is 0 Å². The summed E-state index contributed by atoms with van der Waals surface area (Å²) in [6.45, 7) is 0. The lowest BCUT2D eigenvalue weighted by molar-refractivity contribution is 0.423. The quantitative estimate of drug-likeness (QED) is 0.834. The molecule has 2 N–H and O–H groups in total. The van der Waals surface area contributed by atoms with Gasteiger partial charge in [-0.1, -0.05) is 12.8 Å². The first-order chi connectivity index (χ1) is 8.83. The Morgan fingerprint density at radius 1 is 1.22 bits per heavy atom. The summed E-state index contributed by atoms with van der Waals surface area (Å²) in [5.74, 6) is 0. The molecule has 1 fully saturated rings. The van der Waals surface area contributed by atoms with Crippen molar-refractivity contribution < 1.29 is 0 Å². The Bertz CT molecular complexity index is 517. The SMILES string of the molecule is Nc1cnc(Sc2nnnn2C2CCCC2)nc1. The lowest BCUT2D eigenvalue weighted by atomic mass is 10.3. The van der Waals surface area contributed by atoms with Crippen molar-refractivity contribution >= 4 is 17.4 Å². The van der Waals surface area contributed by atoms with Crippen molar-refractivity contribution in [3.63, 3.8) is 0 Å². The van der Waals surface area contributed by atoms with E-state index >= 15 is 0 Å². The van der Waals surface area contributed by atoms with E-state index in [-0.39, 0.29) is 0 Å². The van der Waals surface area contributed by atoms with Gasteiger partial charge in [-0.2, -0.15) is 0 Å². The lowest BCUT2D eigenvalue weighted by Crippen LogP contribution is -2.08. The molecule has 1 aliphatic carbocycles. The predicted octanol–water partition coefficient (Wildman–Crippen LogP) is 1.31. The summed E-state index contributed by atoms with van der Waals surface area (Å²) in [5, 5.41) is 13.2. The lowest BCUT2D eigenvalue weighted by Gasteiger charge is -2.09. The van der Waals surface area contributed by atoms with Gasteiger partial charge in [0.05, 0.1) is 24.1 Å². The van der Waals surface area contributed by atoms with Gasteiger partial charge < -0.3 is 5.73 Å². The molecule has 3 rings (SSSR count). The zero-order valence-electron chi connectivity index (χ0n) is 9.73. The highest BCUT2D eigenvalue weighted by Gasteiger charge is 2.22. The van der Waals surface area contributed by atoms with Crippen LogP contribution in [-0.4, -0.2) is 30.2 Å². The number of hydrogen-bond acceptors (Lipinski definition) is 7. The third-order valence-electron chi connectivity index (χ3n) is 2.96. The van der Waals surface area contributed by atoms with E-state index < -0.39 is 0 Å². The second-order valence-corrected chi connectivity index (χ2v) is 5.18. The molecule has 0 radical (unpaired) electrons. The van der Waals surface area contributed by atoms with Crippen molar-refractivity contribution in [2.75, 3.05) is 5.73 Å². The zero-order valence-corrected chi connectivity index (χ0v) is 10.5. The van der Waals surface area contributed by atoms with Crippen molar-refractivity contribution in [1.82, 2.24) is 30.2 Å². The minimum atomic E-state index is 0.413. The van der Waals surface area contributed by atoms with Gasteiger partial charge in [0, 0.05) is 0 Å². The standard InChI is InChI=1S/C10H13N7S/c11-7-5-12-9(13-6-7)18-10-14-15-16-17(10)8-3-1-2-4-8/h5-6,8H,1-4,11H2. The second-order valence-electron chi connectivity index (χ2n) is 4.25. The van der Waals surface area contributed by atoms with E-state index in [1.165, 1.54) is 24.6 Å². The molecule has 2 aromatic rings. The Kier molecular flexibility index (Phi) is 3.09. The molecule has 0 aromatic carbocycles. The molecule has 1 saturated carbocycles. The molecule has 0 unspecified atom stereocenters. The smallest absolute Gasteiger partial charge is 0.217 e. The summed E-state index contributed by atoms with van der Waals surface area (Å²) in [6, 6.07) is 0.413. The van der Waals surface area contributed by atoms with Crippen LogP contribution in [0, 0.1) is 0 Å². The van der Waals surface area contributed by atoms with Gasteiger partial charge in [0.15, 0.2) is 5.16 Å². The van der Waals surface area contributed by atoms with E-state index in [1.807, 2.05) is 4.68 Å². The minimum Gasteiger partial charge on any atom is -0.396 e. The number of hydrogen-bond donors (Lipinski definition) is 1. The van der Waals surface area contributed by atoms with Crippen molar-refractivity contribution in [3.05, 3.63) is 12.4 Å². The molecule has 0 amide bonds. The fourth-order valence-electron chi connectivity index (χ4n) is 2.09. The first-order valence-corrected chi connectivity index (χ1v) is 6.68. The molecule has 2 heterocycles. The van der Waals surface area contributed by atoms with Gasteiger partial charge in [0.25, 0.3) is 0 Å². The van der Waals surface area contributed by atoms with Crippen LogP contribution in [0.1, 0.15) is 31.7 Å². The summed E-state index contributed by atoms with van der Waals surface area (Å²) in [4.78, 5) is 8.28. The molecule has 0 saturated heterocycles. The van der Waals surface area contributed by atoms with Crippen molar-refractivity contribution in [3.8, 4) is 0 Å². The minimum absolute atomic E-state index is 0.413. The number of nitrogens with two attached hydrogens (primary N) is 1.